The van der Waals surface area contributed by atoms with E-state index in [0.717, 1.165) is 30.9 Å². The molecule has 1 atom stereocenters. The Kier molecular flexibility index (Phi) is 4.35. The minimum Gasteiger partial charge on any atom is -0.307 e. The lowest BCUT2D eigenvalue weighted by molar-refractivity contribution is 0.499. The average molecular weight is 246 g/mol. The molecular formula is C12H18N6. The Balaban J connectivity index is 2.10. The van der Waals surface area contributed by atoms with Gasteiger partial charge < -0.3 is 5.32 Å². The van der Waals surface area contributed by atoms with Crippen molar-refractivity contribution in [2.24, 2.45) is 7.05 Å². The first-order valence-corrected chi connectivity index (χ1v) is 6.15. The van der Waals surface area contributed by atoms with Crippen molar-refractivity contribution in [2.45, 2.75) is 25.8 Å². The third kappa shape index (κ3) is 3.33. The van der Waals surface area contributed by atoms with Gasteiger partial charge in [-0.05, 0) is 19.0 Å². The molecule has 0 aliphatic heterocycles. The molecule has 6 nitrogen and oxygen atoms in total. The second-order valence-corrected chi connectivity index (χ2v) is 4.20. The van der Waals surface area contributed by atoms with Gasteiger partial charge in [-0.1, -0.05) is 12.1 Å². The van der Waals surface area contributed by atoms with E-state index in [0.29, 0.717) is 0 Å². The molecule has 2 rings (SSSR count). The van der Waals surface area contributed by atoms with Crippen LogP contribution >= 0.6 is 0 Å². The monoisotopic (exact) mass is 246 g/mol. The minimum atomic E-state index is 0.0860. The molecule has 96 valence electrons. The summed E-state index contributed by atoms with van der Waals surface area (Å²) in [6.45, 7) is 3.07. The van der Waals surface area contributed by atoms with Crippen molar-refractivity contribution >= 4 is 0 Å². The molecule has 0 saturated heterocycles. The second kappa shape index (κ2) is 6.20. The highest BCUT2D eigenvalue weighted by atomic mass is 15.4. The van der Waals surface area contributed by atoms with E-state index in [1.54, 1.807) is 17.1 Å². The molecule has 18 heavy (non-hydrogen) atoms. The largest absolute Gasteiger partial charge is 0.307 e. The molecule has 0 aliphatic carbocycles. The van der Waals surface area contributed by atoms with Crippen LogP contribution in [0.3, 0.4) is 0 Å². The van der Waals surface area contributed by atoms with E-state index in [4.69, 9.17) is 0 Å². The SMILES string of the molecule is CCCNC(Cc1cn(C)nn1)c1ncccn1. The van der Waals surface area contributed by atoms with E-state index in [9.17, 15) is 0 Å². The van der Waals surface area contributed by atoms with Gasteiger partial charge in [0, 0.05) is 32.1 Å². The van der Waals surface area contributed by atoms with Gasteiger partial charge in [-0.2, -0.15) is 0 Å². The van der Waals surface area contributed by atoms with Crippen LogP contribution in [0.25, 0.3) is 0 Å². The molecule has 0 bridgehead atoms. The van der Waals surface area contributed by atoms with E-state index in [-0.39, 0.29) is 6.04 Å². The van der Waals surface area contributed by atoms with Crippen molar-refractivity contribution in [1.82, 2.24) is 30.3 Å². The first-order chi connectivity index (χ1) is 8.79. The Morgan fingerprint density at radius 3 is 2.72 bits per heavy atom. The quantitative estimate of drug-likeness (QED) is 0.819. The zero-order valence-corrected chi connectivity index (χ0v) is 10.7. The van der Waals surface area contributed by atoms with Crippen LogP contribution in [0.15, 0.2) is 24.7 Å². The number of nitrogens with one attached hydrogen (secondary N) is 1. The minimum absolute atomic E-state index is 0.0860. The average Bonchev–Trinajstić information content (AvgIpc) is 2.81. The summed E-state index contributed by atoms with van der Waals surface area (Å²) in [6, 6.07) is 1.91. The van der Waals surface area contributed by atoms with Gasteiger partial charge in [0.15, 0.2) is 0 Å². The van der Waals surface area contributed by atoms with Gasteiger partial charge in [0.1, 0.15) is 5.82 Å². The molecule has 0 amide bonds. The molecule has 1 N–H and O–H groups in total. The normalized spacial score (nSPS) is 12.6. The van der Waals surface area contributed by atoms with Crippen LogP contribution in [-0.4, -0.2) is 31.5 Å². The molecule has 0 spiro atoms. The molecule has 6 heteroatoms. The maximum atomic E-state index is 4.31. The molecule has 2 aromatic heterocycles. The molecule has 2 aromatic rings. The van der Waals surface area contributed by atoms with E-state index in [1.165, 1.54) is 0 Å². The molecule has 0 saturated carbocycles. The topological polar surface area (TPSA) is 68.5 Å². The van der Waals surface area contributed by atoms with Crippen molar-refractivity contribution in [1.29, 1.82) is 0 Å². The maximum absolute atomic E-state index is 4.31. The second-order valence-electron chi connectivity index (χ2n) is 4.20. The smallest absolute Gasteiger partial charge is 0.145 e. The van der Waals surface area contributed by atoms with Gasteiger partial charge in [-0.3, -0.25) is 4.68 Å². The number of aromatic nitrogens is 5. The Morgan fingerprint density at radius 1 is 1.33 bits per heavy atom. The lowest BCUT2D eigenvalue weighted by Crippen LogP contribution is -2.26. The highest BCUT2D eigenvalue weighted by Gasteiger charge is 2.15. The first-order valence-electron chi connectivity index (χ1n) is 6.15. The number of hydrogen-bond donors (Lipinski definition) is 1. The third-order valence-electron chi connectivity index (χ3n) is 2.60. The molecule has 1 unspecified atom stereocenters. The lowest BCUT2D eigenvalue weighted by Gasteiger charge is -2.15. The van der Waals surface area contributed by atoms with Gasteiger partial charge in [0.25, 0.3) is 0 Å². The first kappa shape index (κ1) is 12.6. The van der Waals surface area contributed by atoms with Gasteiger partial charge >= 0.3 is 0 Å². The fourth-order valence-corrected chi connectivity index (χ4v) is 1.76. The zero-order valence-electron chi connectivity index (χ0n) is 10.7. The van der Waals surface area contributed by atoms with Crippen LogP contribution in [0.5, 0.6) is 0 Å². The van der Waals surface area contributed by atoms with Crippen molar-refractivity contribution < 1.29 is 0 Å². The predicted molar refractivity (Wildman–Crippen MR) is 67.8 cm³/mol. The summed E-state index contributed by atoms with van der Waals surface area (Å²) in [7, 11) is 1.87. The molecule has 2 heterocycles. The molecule has 0 fully saturated rings. The zero-order chi connectivity index (χ0) is 12.8. The number of nitrogens with zero attached hydrogens (tertiary/aromatic N) is 5. The van der Waals surface area contributed by atoms with Crippen LogP contribution in [0, 0.1) is 0 Å². The fourth-order valence-electron chi connectivity index (χ4n) is 1.76. The Morgan fingerprint density at radius 2 is 2.11 bits per heavy atom. The van der Waals surface area contributed by atoms with Crippen molar-refractivity contribution in [3.8, 4) is 0 Å². The van der Waals surface area contributed by atoms with E-state index >= 15 is 0 Å². The number of aryl methyl sites for hydroxylation is 1. The van der Waals surface area contributed by atoms with Crippen LogP contribution in [0.1, 0.15) is 30.9 Å². The maximum Gasteiger partial charge on any atom is 0.145 e. The summed E-state index contributed by atoms with van der Waals surface area (Å²) < 4.78 is 1.71. The predicted octanol–water partition coefficient (Wildman–Crippen LogP) is 0.888. The number of hydrogen-bond acceptors (Lipinski definition) is 5. The van der Waals surface area contributed by atoms with Gasteiger partial charge in [-0.25, -0.2) is 9.97 Å². The summed E-state index contributed by atoms with van der Waals surface area (Å²) in [6.07, 6.45) is 7.27. The Bertz CT molecular complexity index is 466. The lowest BCUT2D eigenvalue weighted by atomic mass is 10.1. The van der Waals surface area contributed by atoms with Crippen molar-refractivity contribution in [2.75, 3.05) is 6.54 Å². The van der Waals surface area contributed by atoms with E-state index < -0.39 is 0 Å². The summed E-state index contributed by atoms with van der Waals surface area (Å²) in [4.78, 5) is 8.61. The van der Waals surface area contributed by atoms with E-state index in [2.05, 4.69) is 32.5 Å². The van der Waals surface area contributed by atoms with Crippen LogP contribution in [0.2, 0.25) is 0 Å². The third-order valence-corrected chi connectivity index (χ3v) is 2.60. The van der Waals surface area contributed by atoms with Gasteiger partial charge in [0.2, 0.25) is 0 Å². The summed E-state index contributed by atoms with van der Waals surface area (Å²) in [5.74, 6) is 0.802. The van der Waals surface area contributed by atoms with E-state index in [1.807, 2.05) is 19.3 Å². The summed E-state index contributed by atoms with van der Waals surface area (Å²) in [5.41, 5.74) is 0.943. The Hall–Kier alpha value is -1.82. The van der Waals surface area contributed by atoms with Crippen molar-refractivity contribution in [3.63, 3.8) is 0 Å². The van der Waals surface area contributed by atoms with Gasteiger partial charge in [0.05, 0.1) is 11.7 Å². The Labute approximate surface area is 106 Å². The summed E-state index contributed by atoms with van der Waals surface area (Å²) in [5, 5.41) is 11.5. The van der Waals surface area contributed by atoms with Crippen LogP contribution in [0.4, 0.5) is 0 Å². The molecule has 0 aliphatic rings. The molecule has 0 radical (unpaired) electrons. The van der Waals surface area contributed by atoms with Crippen LogP contribution < -0.4 is 5.32 Å². The molecular weight excluding hydrogens is 228 g/mol. The highest BCUT2D eigenvalue weighted by Crippen LogP contribution is 2.12. The summed E-state index contributed by atoms with van der Waals surface area (Å²) >= 11 is 0. The van der Waals surface area contributed by atoms with Gasteiger partial charge in [-0.15, -0.1) is 5.10 Å². The van der Waals surface area contributed by atoms with Crippen molar-refractivity contribution in [3.05, 3.63) is 36.2 Å². The standard InChI is InChI=1S/C12H18N6/c1-3-5-13-11(12-14-6-4-7-15-12)8-10-9-18(2)17-16-10/h4,6-7,9,11,13H,3,5,8H2,1-2H3. The molecule has 0 aromatic carbocycles. The van der Waals surface area contributed by atoms with Crippen LogP contribution in [-0.2, 0) is 13.5 Å². The number of rotatable bonds is 6. The fraction of sp³-hybridized carbons (Fsp3) is 0.500. The highest BCUT2D eigenvalue weighted by molar-refractivity contribution is 5.03.